The molecule has 156 valence electrons. The Labute approximate surface area is 180 Å². The summed E-state index contributed by atoms with van der Waals surface area (Å²) in [5.41, 5.74) is 0.160. The summed E-state index contributed by atoms with van der Waals surface area (Å²) in [5.74, 6) is 0.00648. The monoisotopic (exact) mass is 446 g/mol. The Kier molecular flexibility index (Phi) is 5.34. The van der Waals surface area contributed by atoms with E-state index in [0.29, 0.717) is 17.7 Å². The van der Waals surface area contributed by atoms with Crippen LogP contribution in [0.4, 0.5) is 4.39 Å². The fraction of sp³-hybridized carbons (Fsp3) is 0.217. The third kappa shape index (κ3) is 3.83. The Hall–Kier alpha value is -2.41. The van der Waals surface area contributed by atoms with E-state index in [2.05, 4.69) is 0 Å². The van der Waals surface area contributed by atoms with Gasteiger partial charge in [-0.25, -0.2) is 4.39 Å². The number of allylic oxidation sites excluding steroid dienone is 3. The zero-order chi connectivity index (χ0) is 21.4. The Morgan fingerprint density at radius 2 is 1.90 bits per heavy atom. The molecule has 0 fully saturated rings. The number of hydrogen-bond donors (Lipinski definition) is 0. The summed E-state index contributed by atoms with van der Waals surface area (Å²) in [5, 5.41) is 0. The maximum atomic E-state index is 13.6. The molecular weight excluding hydrogens is 427 g/mol. The van der Waals surface area contributed by atoms with Gasteiger partial charge in [-0.2, -0.15) is 8.42 Å². The maximum Gasteiger partial charge on any atom is 0.297 e. The van der Waals surface area contributed by atoms with Crippen molar-refractivity contribution in [2.75, 3.05) is 6.61 Å². The van der Waals surface area contributed by atoms with E-state index in [0.717, 1.165) is 5.56 Å². The lowest BCUT2D eigenvalue weighted by molar-refractivity contribution is 0.0375. The molecule has 0 N–H and O–H groups in total. The van der Waals surface area contributed by atoms with Gasteiger partial charge in [0.15, 0.2) is 5.60 Å². The van der Waals surface area contributed by atoms with Gasteiger partial charge in [-0.3, -0.25) is 4.18 Å². The number of alkyl halides is 1. The van der Waals surface area contributed by atoms with Crippen LogP contribution in [0.15, 0.2) is 77.7 Å². The van der Waals surface area contributed by atoms with Crippen LogP contribution >= 0.6 is 11.6 Å². The number of benzene rings is 2. The van der Waals surface area contributed by atoms with Crippen molar-refractivity contribution in [2.24, 2.45) is 0 Å². The first-order chi connectivity index (χ1) is 14.2. The van der Waals surface area contributed by atoms with E-state index >= 15 is 0 Å². The van der Waals surface area contributed by atoms with Gasteiger partial charge in [-0.05, 0) is 49.8 Å². The largest absolute Gasteiger partial charge is 0.478 e. The Bertz CT molecular complexity index is 1150. The maximum absolute atomic E-state index is 13.6. The zero-order valence-corrected chi connectivity index (χ0v) is 17.8. The van der Waals surface area contributed by atoms with Crippen LogP contribution in [0.5, 0.6) is 5.75 Å². The summed E-state index contributed by atoms with van der Waals surface area (Å²) < 4.78 is 50.8. The predicted molar refractivity (Wildman–Crippen MR) is 115 cm³/mol. The van der Waals surface area contributed by atoms with Gasteiger partial charge in [0.25, 0.3) is 10.1 Å². The molecule has 0 saturated carbocycles. The molecule has 2 atom stereocenters. The van der Waals surface area contributed by atoms with E-state index in [9.17, 15) is 12.8 Å². The molecule has 30 heavy (non-hydrogen) atoms. The molecule has 1 aliphatic carbocycles. The molecular formula is C23H20ClFO4S. The van der Waals surface area contributed by atoms with Crippen LogP contribution in [0.1, 0.15) is 17.5 Å². The van der Waals surface area contributed by atoms with Gasteiger partial charge in [-0.1, -0.05) is 48.1 Å². The molecule has 1 heterocycles. The molecule has 0 aromatic heterocycles. The van der Waals surface area contributed by atoms with Crippen molar-refractivity contribution in [3.8, 4) is 5.75 Å². The van der Waals surface area contributed by atoms with Gasteiger partial charge in [0, 0.05) is 5.56 Å². The fourth-order valence-electron chi connectivity index (χ4n) is 3.46. The van der Waals surface area contributed by atoms with E-state index in [1.54, 1.807) is 36.4 Å². The molecule has 0 spiro atoms. The van der Waals surface area contributed by atoms with Gasteiger partial charge < -0.3 is 4.74 Å². The molecule has 0 amide bonds. The Balaban J connectivity index is 1.69. The smallest absolute Gasteiger partial charge is 0.297 e. The summed E-state index contributed by atoms with van der Waals surface area (Å²) in [4.78, 5) is -1.04. The third-order valence-electron chi connectivity index (χ3n) is 5.26. The first-order valence-electron chi connectivity index (χ1n) is 9.40. The van der Waals surface area contributed by atoms with Crippen LogP contribution in [-0.4, -0.2) is 25.5 Å². The zero-order valence-electron chi connectivity index (χ0n) is 16.2. The minimum atomic E-state index is -4.04. The molecule has 2 unspecified atom stereocenters. The molecule has 7 heteroatoms. The molecule has 0 radical (unpaired) electrons. The second kappa shape index (κ2) is 7.69. The lowest BCUT2D eigenvalue weighted by Crippen LogP contribution is -2.56. The van der Waals surface area contributed by atoms with Crippen LogP contribution in [-0.2, 0) is 14.3 Å². The van der Waals surface area contributed by atoms with Crippen molar-refractivity contribution >= 4 is 27.8 Å². The number of aryl methyl sites for hydroxylation is 1. The molecule has 2 aromatic carbocycles. The minimum absolute atomic E-state index is 0.0493. The lowest BCUT2D eigenvalue weighted by Gasteiger charge is -2.45. The number of ether oxygens (including phenoxy) is 1. The molecule has 0 saturated heterocycles. The van der Waals surface area contributed by atoms with E-state index < -0.39 is 26.4 Å². The van der Waals surface area contributed by atoms with E-state index in [1.807, 2.05) is 19.1 Å². The number of halogens is 2. The van der Waals surface area contributed by atoms with Gasteiger partial charge in [0.1, 0.15) is 23.0 Å². The highest BCUT2D eigenvalue weighted by Gasteiger charge is 2.52. The fourth-order valence-corrected chi connectivity index (χ4v) is 4.72. The quantitative estimate of drug-likeness (QED) is 0.469. The van der Waals surface area contributed by atoms with Crippen LogP contribution in [0.2, 0.25) is 0 Å². The van der Waals surface area contributed by atoms with Gasteiger partial charge >= 0.3 is 0 Å². The van der Waals surface area contributed by atoms with Crippen LogP contribution < -0.4 is 4.74 Å². The minimum Gasteiger partial charge on any atom is -0.478 e. The summed E-state index contributed by atoms with van der Waals surface area (Å²) in [7, 11) is -4.04. The van der Waals surface area contributed by atoms with E-state index in [1.165, 1.54) is 30.3 Å². The van der Waals surface area contributed by atoms with Crippen molar-refractivity contribution < 1.29 is 21.7 Å². The van der Waals surface area contributed by atoms with Crippen LogP contribution in [0, 0.1) is 12.7 Å². The highest BCUT2D eigenvalue weighted by Crippen LogP contribution is 2.45. The topological polar surface area (TPSA) is 52.6 Å². The molecule has 1 aliphatic heterocycles. The van der Waals surface area contributed by atoms with Gasteiger partial charge in [0.05, 0.1) is 4.90 Å². The number of rotatable bonds is 5. The van der Waals surface area contributed by atoms with Gasteiger partial charge in [-0.15, -0.1) is 11.6 Å². The van der Waals surface area contributed by atoms with Crippen molar-refractivity contribution in [3.05, 3.63) is 89.8 Å². The SMILES string of the molecule is Cc1ccc(S(=O)(=O)OCC2(C3(Cl)C=CC=CC3)C=Cc3cc(F)ccc3O2)cc1. The third-order valence-corrected chi connectivity index (χ3v) is 7.14. The van der Waals surface area contributed by atoms with Crippen LogP contribution in [0.25, 0.3) is 6.08 Å². The summed E-state index contributed by atoms with van der Waals surface area (Å²) in [6.45, 7) is 1.52. The number of fused-ring (bicyclic) bond motifs is 1. The predicted octanol–water partition coefficient (Wildman–Crippen LogP) is 5.18. The first-order valence-corrected chi connectivity index (χ1v) is 11.2. The first kappa shape index (κ1) is 20.8. The molecule has 4 nitrogen and oxygen atoms in total. The van der Waals surface area contributed by atoms with E-state index in [-0.39, 0.29) is 11.5 Å². The van der Waals surface area contributed by atoms with Crippen molar-refractivity contribution in [1.29, 1.82) is 0 Å². The van der Waals surface area contributed by atoms with E-state index in [4.69, 9.17) is 20.5 Å². The average Bonchev–Trinajstić information content (AvgIpc) is 2.73. The molecule has 0 bridgehead atoms. The van der Waals surface area contributed by atoms with Crippen molar-refractivity contribution in [1.82, 2.24) is 0 Å². The van der Waals surface area contributed by atoms with Gasteiger partial charge in [0.2, 0.25) is 0 Å². The highest BCUT2D eigenvalue weighted by molar-refractivity contribution is 7.86. The molecule has 4 rings (SSSR count). The van der Waals surface area contributed by atoms with Crippen molar-refractivity contribution in [3.63, 3.8) is 0 Å². The number of hydrogen-bond acceptors (Lipinski definition) is 4. The summed E-state index contributed by atoms with van der Waals surface area (Å²) >= 11 is 6.94. The second-order valence-corrected chi connectivity index (χ2v) is 9.68. The average molecular weight is 447 g/mol. The summed E-state index contributed by atoms with van der Waals surface area (Å²) in [6, 6.07) is 10.5. The Morgan fingerprint density at radius 3 is 2.60 bits per heavy atom. The lowest BCUT2D eigenvalue weighted by atomic mass is 9.80. The second-order valence-electron chi connectivity index (χ2n) is 7.39. The summed E-state index contributed by atoms with van der Waals surface area (Å²) in [6.07, 6.45) is 11.0. The standard InChI is InChI=1S/C23H20ClFO4S/c1-17-5-8-20(9-6-17)30(26,27)28-16-23(22(24)12-3-2-4-13-22)14-11-18-15-19(25)7-10-21(18)29-23/h2-12,14-15H,13,16H2,1H3. The Morgan fingerprint density at radius 1 is 1.13 bits per heavy atom. The molecule has 2 aromatic rings. The normalized spacial score (nSPS) is 25.0. The molecule has 2 aliphatic rings. The van der Waals surface area contributed by atoms with Crippen molar-refractivity contribution in [2.45, 2.75) is 28.7 Å². The highest BCUT2D eigenvalue weighted by atomic mass is 35.5. The van der Waals surface area contributed by atoms with Crippen LogP contribution in [0.3, 0.4) is 0 Å².